The molecule has 0 aromatic rings. The fourth-order valence-electron chi connectivity index (χ4n) is 2.51. The van der Waals surface area contributed by atoms with E-state index in [4.69, 9.17) is 10.5 Å². The van der Waals surface area contributed by atoms with Crippen molar-refractivity contribution < 1.29 is 9.53 Å². The number of carbonyl (C=O) groups excluding carboxylic acids is 1. The second-order valence-electron chi connectivity index (χ2n) is 6.89. The minimum Gasteiger partial charge on any atom is -0.459 e. The Morgan fingerprint density at radius 3 is 2.10 bits per heavy atom. The van der Waals surface area contributed by atoms with E-state index in [1.807, 2.05) is 27.8 Å². The van der Waals surface area contributed by atoms with Gasteiger partial charge in [-0.15, -0.1) is 0 Å². The molecule has 0 radical (unpaired) electrons. The molecule has 0 saturated carbocycles. The smallest absolute Gasteiger partial charge is 0.326 e. The zero-order chi connectivity index (χ0) is 16.4. The summed E-state index contributed by atoms with van der Waals surface area (Å²) in [7, 11) is 1.83. The van der Waals surface area contributed by atoms with Gasteiger partial charge in [0.05, 0.1) is 0 Å². The Morgan fingerprint density at radius 2 is 1.62 bits per heavy atom. The van der Waals surface area contributed by atoms with Gasteiger partial charge in [0.25, 0.3) is 0 Å². The highest BCUT2D eigenvalue weighted by Crippen LogP contribution is 2.24. The first-order chi connectivity index (χ1) is 9.81. The number of nitrogens with one attached hydrogen (secondary N) is 1. The van der Waals surface area contributed by atoms with Crippen LogP contribution >= 0.6 is 0 Å². The van der Waals surface area contributed by atoms with Gasteiger partial charge in [0.2, 0.25) is 0 Å². The van der Waals surface area contributed by atoms with Crippen molar-refractivity contribution in [2.45, 2.75) is 90.2 Å². The monoisotopic (exact) mass is 300 g/mol. The summed E-state index contributed by atoms with van der Waals surface area (Å²) < 4.78 is 5.59. The number of nitrogens with two attached hydrogens (primary N) is 1. The Kier molecular flexibility index (Phi) is 9.88. The molecule has 4 heteroatoms. The molecule has 0 bridgehead atoms. The molecule has 21 heavy (non-hydrogen) atoms. The first-order valence-corrected chi connectivity index (χ1v) is 8.43. The van der Waals surface area contributed by atoms with Gasteiger partial charge < -0.3 is 15.8 Å². The van der Waals surface area contributed by atoms with Crippen molar-refractivity contribution >= 4 is 5.97 Å². The molecule has 0 aliphatic rings. The van der Waals surface area contributed by atoms with Crippen molar-refractivity contribution in [1.82, 2.24) is 5.32 Å². The predicted molar refractivity (Wildman–Crippen MR) is 89.3 cm³/mol. The Labute approximate surface area is 131 Å². The number of hydrogen-bond acceptors (Lipinski definition) is 4. The van der Waals surface area contributed by atoms with E-state index in [0.717, 1.165) is 19.3 Å². The van der Waals surface area contributed by atoms with E-state index >= 15 is 0 Å². The number of unbranched alkanes of at least 4 members (excludes halogenated alkanes) is 5. The third-order valence-corrected chi connectivity index (χ3v) is 3.80. The van der Waals surface area contributed by atoms with Gasteiger partial charge in [0, 0.05) is 0 Å². The molecule has 0 aliphatic heterocycles. The van der Waals surface area contributed by atoms with E-state index in [2.05, 4.69) is 12.2 Å². The van der Waals surface area contributed by atoms with Crippen LogP contribution in [0.2, 0.25) is 0 Å². The maximum atomic E-state index is 12.5. The SMILES string of the molecule is CCCCCCCCC(CCN)(NC)C(=O)OC(C)(C)C. The van der Waals surface area contributed by atoms with Crippen LogP contribution in [0.15, 0.2) is 0 Å². The van der Waals surface area contributed by atoms with Gasteiger partial charge in [-0.2, -0.15) is 0 Å². The van der Waals surface area contributed by atoms with Crippen LogP contribution in [-0.2, 0) is 9.53 Å². The van der Waals surface area contributed by atoms with E-state index in [0.29, 0.717) is 13.0 Å². The van der Waals surface area contributed by atoms with Crippen LogP contribution in [0.25, 0.3) is 0 Å². The molecule has 0 aromatic heterocycles. The Balaban J connectivity index is 4.50. The standard InChI is InChI=1S/C17H36N2O2/c1-6-7-8-9-10-11-12-17(19-5,13-14-18)15(20)21-16(2,3)4/h19H,6-14,18H2,1-5H3. The lowest BCUT2D eigenvalue weighted by Crippen LogP contribution is -2.54. The molecule has 0 amide bonds. The van der Waals surface area contributed by atoms with Crippen molar-refractivity contribution in [1.29, 1.82) is 0 Å². The third kappa shape index (κ3) is 8.42. The van der Waals surface area contributed by atoms with Gasteiger partial charge in [-0.25, -0.2) is 0 Å². The van der Waals surface area contributed by atoms with Gasteiger partial charge in [0.1, 0.15) is 11.1 Å². The van der Waals surface area contributed by atoms with Crippen LogP contribution in [0, 0.1) is 0 Å². The number of hydrogen-bond donors (Lipinski definition) is 2. The summed E-state index contributed by atoms with van der Waals surface area (Å²) in [4.78, 5) is 12.5. The molecule has 4 nitrogen and oxygen atoms in total. The van der Waals surface area contributed by atoms with Crippen LogP contribution in [-0.4, -0.2) is 30.7 Å². The lowest BCUT2D eigenvalue weighted by molar-refractivity contribution is -0.163. The molecule has 1 atom stereocenters. The third-order valence-electron chi connectivity index (χ3n) is 3.80. The normalized spacial score (nSPS) is 14.8. The number of likely N-dealkylation sites (N-methyl/N-ethyl adjacent to an activating group) is 1. The molecule has 3 N–H and O–H groups in total. The molecule has 1 unspecified atom stereocenters. The topological polar surface area (TPSA) is 64.3 Å². The summed E-state index contributed by atoms with van der Waals surface area (Å²) in [6.45, 7) is 8.40. The van der Waals surface area contributed by atoms with Crippen LogP contribution in [0.4, 0.5) is 0 Å². The molecule has 0 spiro atoms. The fourth-order valence-corrected chi connectivity index (χ4v) is 2.51. The fraction of sp³-hybridized carbons (Fsp3) is 0.941. The lowest BCUT2D eigenvalue weighted by Gasteiger charge is -2.34. The molecule has 126 valence electrons. The minimum atomic E-state index is -0.632. The van der Waals surface area contributed by atoms with Crippen molar-refractivity contribution in [3.8, 4) is 0 Å². The quantitative estimate of drug-likeness (QED) is 0.453. The van der Waals surface area contributed by atoms with Crippen LogP contribution in [0.1, 0.15) is 79.1 Å². The summed E-state index contributed by atoms with van der Waals surface area (Å²) in [6, 6.07) is 0. The van der Waals surface area contributed by atoms with Gasteiger partial charge in [0.15, 0.2) is 0 Å². The molecule has 0 rings (SSSR count). The summed E-state index contributed by atoms with van der Waals surface area (Å²) in [5.74, 6) is -0.170. The number of esters is 1. The molecule has 0 aromatic carbocycles. The van der Waals surface area contributed by atoms with Gasteiger partial charge in [-0.3, -0.25) is 4.79 Å². The second kappa shape index (κ2) is 10.2. The highest BCUT2D eigenvalue weighted by Gasteiger charge is 2.39. The number of carbonyl (C=O) groups is 1. The van der Waals surface area contributed by atoms with Gasteiger partial charge in [-0.1, -0.05) is 45.4 Å². The molecule has 0 aliphatic carbocycles. The van der Waals surface area contributed by atoms with Crippen LogP contribution in [0.3, 0.4) is 0 Å². The maximum Gasteiger partial charge on any atom is 0.326 e. The van der Waals surface area contributed by atoms with Gasteiger partial charge >= 0.3 is 5.97 Å². The van der Waals surface area contributed by atoms with E-state index in [1.165, 1.54) is 25.7 Å². The highest BCUT2D eigenvalue weighted by atomic mass is 16.6. The van der Waals surface area contributed by atoms with Gasteiger partial charge in [-0.05, 0) is 47.2 Å². The zero-order valence-electron chi connectivity index (χ0n) is 14.8. The molecular weight excluding hydrogens is 264 g/mol. The summed E-state index contributed by atoms with van der Waals surface area (Å²) in [6.07, 6.45) is 8.68. The Bertz CT molecular complexity index is 287. The first kappa shape index (κ1) is 20.4. The summed E-state index contributed by atoms with van der Waals surface area (Å²) in [5, 5.41) is 3.19. The van der Waals surface area contributed by atoms with Crippen molar-refractivity contribution in [2.24, 2.45) is 5.73 Å². The largest absolute Gasteiger partial charge is 0.459 e. The molecule has 0 saturated heterocycles. The predicted octanol–water partition coefficient (Wildman–Crippen LogP) is 3.39. The number of rotatable bonds is 11. The first-order valence-electron chi connectivity index (χ1n) is 8.43. The minimum absolute atomic E-state index is 0.170. The second-order valence-corrected chi connectivity index (χ2v) is 6.89. The summed E-state index contributed by atoms with van der Waals surface area (Å²) in [5.41, 5.74) is 4.62. The summed E-state index contributed by atoms with van der Waals surface area (Å²) >= 11 is 0. The average molecular weight is 300 g/mol. The van der Waals surface area contributed by atoms with E-state index in [1.54, 1.807) is 0 Å². The van der Waals surface area contributed by atoms with E-state index < -0.39 is 11.1 Å². The lowest BCUT2D eigenvalue weighted by atomic mass is 9.88. The highest BCUT2D eigenvalue weighted by molar-refractivity contribution is 5.81. The number of ether oxygens (including phenoxy) is 1. The van der Waals surface area contributed by atoms with E-state index in [-0.39, 0.29) is 5.97 Å². The Hall–Kier alpha value is -0.610. The van der Waals surface area contributed by atoms with E-state index in [9.17, 15) is 4.79 Å². The Morgan fingerprint density at radius 1 is 1.05 bits per heavy atom. The molecule has 0 heterocycles. The molecular formula is C17H36N2O2. The van der Waals surface area contributed by atoms with Crippen molar-refractivity contribution in [3.05, 3.63) is 0 Å². The molecule has 0 fully saturated rings. The average Bonchev–Trinajstić information content (AvgIpc) is 2.39. The van der Waals surface area contributed by atoms with Crippen LogP contribution < -0.4 is 11.1 Å². The van der Waals surface area contributed by atoms with Crippen molar-refractivity contribution in [3.63, 3.8) is 0 Å². The van der Waals surface area contributed by atoms with Crippen LogP contribution in [0.5, 0.6) is 0 Å². The maximum absolute atomic E-state index is 12.5. The zero-order valence-corrected chi connectivity index (χ0v) is 14.8. The van der Waals surface area contributed by atoms with Crippen molar-refractivity contribution in [2.75, 3.05) is 13.6 Å².